The highest BCUT2D eigenvalue weighted by Crippen LogP contribution is 2.25. The fourth-order valence-corrected chi connectivity index (χ4v) is 3.96. The summed E-state index contributed by atoms with van der Waals surface area (Å²) < 4.78 is 3.94. The Bertz CT molecular complexity index is 937. The van der Waals surface area contributed by atoms with Gasteiger partial charge < -0.3 is 9.47 Å². The fourth-order valence-electron chi connectivity index (χ4n) is 3.96. The minimum absolute atomic E-state index is 0.0869. The van der Waals surface area contributed by atoms with Gasteiger partial charge in [-0.05, 0) is 50.3 Å². The van der Waals surface area contributed by atoms with E-state index in [4.69, 9.17) is 0 Å². The Kier molecular flexibility index (Phi) is 5.23. The predicted octanol–water partition coefficient (Wildman–Crippen LogP) is 2.93. The molecule has 1 aliphatic heterocycles. The standard InChI is InChI=1S/C21H26N6O/c1-16-15-23-20(18-3-9-22-10-4-18)27(16)14-8-17-6-12-26(13-7-17)21(28)19-5-11-24-25(19)2/h3-5,9-11,15,17H,6-8,12-14H2,1-2H3. The average molecular weight is 378 g/mol. The molecule has 0 unspecified atom stereocenters. The lowest BCUT2D eigenvalue weighted by atomic mass is 9.93. The minimum atomic E-state index is 0.0869. The lowest BCUT2D eigenvalue weighted by Gasteiger charge is -2.32. The molecule has 0 aliphatic carbocycles. The monoisotopic (exact) mass is 378 g/mol. The van der Waals surface area contributed by atoms with Crippen LogP contribution in [-0.2, 0) is 13.6 Å². The maximum atomic E-state index is 12.6. The van der Waals surface area contributed by atoms with Gasteiger partial charge in [0.15, 0.2) is 0 Å². The van der Waals surface area contributed by atoms with Crippen LogP contribution in [-0.4, -0.2) is 48.2 Å². The largest absolute Gasteiger partial charge is 0.337 e. The van der Waals surface area contributed by atoms with Crippen LogP contribution < -0.4 is 0 Å². The summed E-state index contributed by atoms with van der Waals surface area (Å²) in [5.74, 6) is 1.72. The van der Waals surface area contributed by atoms with Gasteiger partial charge in [0, 0.05) is 62.7 Å². The molecule has 0 radical (unpaired) electrons. The average Bonchev–Trinajstić information content (AvgIpc) is 3.32. The number of nitrogens with zero attached hydrogens (tertiary/aromatic N) is 6. The van der Waals surface area contributed by atoms with Gasteiger partial charge in [-0.2, -0.15) is 5.10 Å². The Morgan fingerprint density at radius 2 is 1.89 bits per heavy atom. The topological polar surface area (TPSA) is 68.8 Å². The van der Waals surface area contributed by atoms with Crippen molar-refractivity contribution in [1.82, 2.24) is 29.2 Å². The molecule has 0 N–H and O–H groups in total. The highest BCUT2D eigenvalue weighted by atomic mass is 16.2. The van der Waals surface area contributed by atoms with Crippen molar-refractivity contribution in [1.29, 1.82) is 0 Å². The van der Waals surface area contributed by atoms with Crippen LogP contribution in [0.4, 0.5) is 0 Å². The Morgan fingerprint density at radius 3 is 2.57 bits per heavy atom. The molecule has 7 nitrogen and oxygen atoms in total. The predicted molar refractivity (Wildman–Crippen MR) is 107 cm³/mol. The first kappa shape index (κ1) is 18.4. The lowest BCUT2D eigenvalue weighted by Crippen LogP contribution is -2.39. The molecule has 4 heterocycles. The molecule has 0 bridgehead atoms. The van der Waals surface area contributed by atoms with Crippen LogP contribution in [0, 0.1) is 12.8 Å². The van der Waals surface area contributed by atoms with Crippen molar-refractivity contribution < 1.29 is 4.79 Å². The molecular weight excluding hydrogens is 352 g/mol. The fraction of sp³-hybridized carbons (Fsp3) is 0.429. The highest BCUT2D eigenvalue weighted by Gasteiger charge is 2.25. The summed E-state index contributed by atoms with van der Waals surface area (Å²) in [5.41, 5.74) is 2.94. The second-order valence-electron chi connectivity index (χ2n) is 7.48. The van der Waals surface area contributed by atoms with Crippen LogP contribution in [0.25, 0.3) is 11.4 Å². The van der Waals surface area contributed by atoms with Crippen molar-refractivity contribution in [3.63, 3.8) is 0 Å². The van der Waals surface area contributed by atoms with E-state index in [0.29, 0.717) is 11.6 Å². The van der Waals surface area contributed by atoms with Crippen molar-refractivity contribution in [2.75, 3.05) is 13.1 Å². The van der Waals surface area contributed by atoms with Gasteiger partial charge in [-0.15, -0.1) is 0 Å². The van der Waals surface area contributed by atoms with Gasteiger partial charge in [0.2, 0.25) is 0 Å². The first-order valence-corrected chi connectivity index (χ1v) is 9.83. The van der Waals surface area contributed by atoms with Crippen molar-refractivity contribution in [2.24, 2.45) is 13.0 Å². The number of carbonyl (C=O) groups excluding carboxylic acids is 1. The molecule has 3 aromatic rings. The Balaban J connectivity index is 1.35. The van der Waals surface area contributed by atoms with E-state index in [9.17, 15) is 4.79 Å². The van der Waals surface area contributed by atoms with Gasteiger partial charge in [0.25, 0.3) is 5.91 Å². The number of rotatable bonds is 5. The van der Waals surface area contributed by atoms with Crippen LogP contribution in [0.3, 0.4) is 0 Å². The number of hydrogen-bond acceptors (Lipinski definition) is 4. The van der Waals surface area contributed by atoms with E-state index in [2.05, 4.69) is 26.6 Å². The zero-order valence-corrected chi connectivity index (χ0v) is 16.5. The molecule has 0 aromatic carbocycles. The van der Waals surface area contributed by atoms with Crippen molar-refractivity contribution in [3.05, 3.63) is 54.4 Å². The molecule has 0 spiro atoms. The second-order valence-corrected chi connectivity index (χ2v) is 7.48. The summed E-state index contributed by atoms with van der Waals surface area (Å²) >= 11 is 0. The summed E-state index contributed by atoms with van der Waals surface area (Å²) in [4.78, 5) is 23.3. The van der Waals surface area contributed by atoms with E-state index in [0.717, 1.165) is 50.3 Å². The van der Waals surface area contributed by atoms with E-state index >= 15 is 0 Å². The van der Waals surface area contributed by atoms with Crippen LogP contribution >= 0.6 is 0 Å². The van der Waals surface area contributed by atoms with Gasteiger partial charge in [-0.3, -0.25) is 14.5 Å². The van der Waals surface area contributed by atoms with E-state index in [1.807, 2.05) is 30.3 Å². The molecule has 146 valence electrons. The first-order valence-electron chi connectivity index (χ1n) is 9.83. The van der Waals surface area contributed by atoms with Crippen LogP contribution in [0.2, 0.25) is 0 Å². The number of piperidine rings is 1. The van der Waals surface area contributed by atoms with E-state index in [1.165, 1.54) is 5.69 Å². The number of pyridine rings is 1. The Morgan fingerprint density at radius 1 is 1.14 bits per heavy atom. The van der Waals surface area contributed by atoms with Crippen molar-refractivity contribution in [3.8, 4) is 11.4 Å². The second kappa shape index (κ2) is 7.96. The molecule has 0 saturated carbocycles. The Labute approximate surface area is 165 Å². The van der Waals surface area contributed by atoms with Crippen LogP contribution in [0.1, 0.15) is 35.4 Å². The van der Waals surface area contributed by atoms with E-state index in [-0.39, 0.29) is 5.91 Å². The smallest absolute Gasteiger partial charge is 0.272 e. The molecule has 1 amide bonds. The molecule has 0 atom stereocenters. The van der Waals surface area contributed by atoms with Gasteiger partial charge in [-0.25, -0.2) is 4.98 Å². The summed E-state index contributed by atoms with van der Waals surface area (Å²) in [6.07, 6.45) is 10.4. The third-order valence-electron chi connectivity index (χ3n) is 5.70. The number of carbonyl (C=O) groups is 1. The van der Waals surface area contributed by atoms with Crippen LogP contribution in [0.5, 0.6) is 0 Å². The third-order valence-corrected chi connectivity index (χ3v) is 5.70. The van der Waals surface area contributed by atoms with Gasteiger partial charge in [-0.1, -0.05) is 0 Å². The zero-order chi connectivity index (χ0) is 19.5. The summed E-state index contributed by atoms with van der Waals surface area (Å²) in [7, 11) is 1.81. The number of aryl methyl sites for hydroxylation is 2. The van der Waals surface area contributed by atoms with E-state index < -0.39 is 0 Å². The quantitative estimate of drug-likeness (QED) is 0.684. The molecule has 28 heavy (non-hydrogen) atoms. The maximum Gasteiger partial charge on any atom is 0.272 e. The van der Waals surface area contributed by atoms with E-state index in [1.54, 1.807) is 29.3 Å². The normalized spacial score (nSPS) is 15.1. The molecule has 1 fully saturated rings. The number of likely N-dealkylation sites (tertiary alicyclic amines) is 1. The Hall–Kier alpha value is -2.96. The maximum absolute atomic E-state index is 12.6. The van der Waals surface area contributed by atoms with Gasteiger partial charge in [0.05, 0.1) is 0 Å². The molecule has 3 aromatic heterocycles. The number of aromatic nitrogens is 5. The third kappa shape index (κ3) is 3.69. The minimum Gasteiger partial charge on any atom is -0.337 e. The molecule has 1 saturated heterocycles. The zero-order valence-electron chi connectivity index (χ0n) is 16.5. The summed E-state index contributed by atoms with van der Waals surface area (Å²) in [6.45, 7) is 4.68. The lowest BCUT2D eigenvalue weighted by molar-refractivity contribution is 0.0674. The SMILES string of the molecule is Cc1cnc(-c2ccncc2)n1CCC1CCN(C(=O)c2ccnn2C)CC1. The van der Waals surface area contributed by atoms with Crippen molar-refractivity contribution >= 4 is 5.91 Å². The summed E-state index contributed by atoms with van der Waals surface area (Å²) in [5, 5.41) is 4.10. The first-order chi connectivity index (χ1) is 13.6. The molecule has 4 rings (SSSR count). The van der Waals surface area contributed by atoms with Gasteiger partial charge >= 0.3 is 0 Å². The summed E-state index contributed by atoms with van der Waals surface area (Å²) in [6, 6.07) is 5.79. The molecule has 7 heteroatoms. The molecule has 1 aliphatic rings. The van der Waals surface area contributed by atoms with Crippen LogP contribution in [0.15, 0.2) is 43.0 Å². The number of hydrogen-bond donors (Lipinski definition) is 0. The highest BCUT2D eigenvalue weighted by molar-refractivity contribution is 5.92. The number of amides is 1. The molecular formula is C21H26N6O. The number of imidazole rings is 1. The van der Waals surface area contributed by atoms with Gasteiger partial charge in [0.1, 0.15) is 11.5 Å². The van der Waals surface area contributed by atoms with Crippen molar-refractivity contribution in [2.45, 2.75) is 32.7 Å².